The van der Waals surface area contributed by atoms with Crippen LogP contribution in [0.4, 0.5) is 27.6 Å². The van der Waals surface area contributed by atoms with Gasteiger partial charge in [-0.1, -0.05) is 0 Å². The number of halogens is 5. The second kappa shape index (κ2) is 8.31. The number of ether oxygens (including phenoxy) is 1. The summed E-state index contributed by atoms with van der Waals surface area (Å²) in [6.07, 6.45) is -2.46. The summed E-state index contributed by atoms with van der Waals surface area (Å²) in [6, 6.07) is 2.99. The smallest absolute Gasteiger partial charge is 0.408 e. The topological polar surface area (TPSA) is 93.4 Å². The highest BCUT2D eigenvalue weighted by Crippen LogP contribution is 2.41. The van der Waals surface area contributed by atoms with Crippen molar-refractivity contribution < 1.29 is 36.6 Å². The Morgan fingerprint density at radius 2 is 1.94 bits per heavy atom. The van der Waals surface area contributed by atoms with Crippen LogP contribution in [0.15, 0.2) is 36.9 Å². The number of aliphatic hydroxyl groups is 1. The Morgan fingerprint density at radius 3 is 2.62 bits per heavy atom. The highest BCUT2D eigenvalue weighted by atomic mass is 19.4. The Bertz CT molecular complexity index is 1240. The fraction of sp³-hybridized carbons (Fsp3) is 0.333. The molecule has 0 saturated heterocycles. The number of carbonyl (C=O) groups is 1. The van der Waals surface area contributed by atoms with Gasteiger partial charge in [0.25, 0.3) is 12.3 Å². The summed E-state index contributed by atoms with van der Waals surface area (Å²) in [5.74, 6) is -0.574. The van der Waals surface area contributed by atoms with Gasteiger partial charge in [-0.2, -0.15) is 18.3 Å². The average molecular weight is 483 g/mol. The molecule has 1 aliphatic heterocycles. The monoisotopic (exact) mass is 483 g/mol. The van der Waals surface area contributed by atoms with E-state index in [4.69, 9.17) is 4.74 Å². The normalized spacial score (nSPS) is 18.0. The fourth-order valence-corrected chi connectivity index (χ4v) is 3.75. The van der Waals surface area contributed by atoms with Gasteiger partial charge in [-0.3, -0.25) is 19.4 Å². The molecule has 0 aromatic carbocycles. The summed E-state index contributed by atoms with van der Waals surface area (Å²) in [7, 11) is 0. The molecule has 8 nitrogen and oxygen atoms in total. The van der Waals surface area contributed by atoms with Crippen LogP contribution in [-0.4, -0.2) is 50.0 Å². The van der Waals surface area contributed by atoms with Crippen LogP contribution >= 0.6 is 0 Å². The molecule has 1 aliphatic rings. The van der Waals surface area contributed by atoms with Crippen LogP contribution in [0.3, 0.4) is 0 Å². The van der Waals surface area contributed by atoms with Gasteiger partial charge in [-0.05, 0) is 31.5 Å². The maximum Gasteiger partial charge on any atom is 0.408 e. The molecule has 1 amide bonds. The van der Waals surface area contributed by atoms with Crippen molar-refractivity contribution in [3.05, 3.63) is 53.7 Å². The number of pyridine rings is 2. The fourth-order valence-electron chi connectivity index (χ4n) is 3.75. The first-order chi connectivity index (χ1) is 15.9. The van der Waals surface area contributed by atoms with Gasteiger partial charge in [0.1, 0.15) is 24.6 Å². The van der Waals surface area contributed by atoms with E-state index in [0.29, 0.717) is 15.8 Å². The first kappa shape index (κ1) is 23.5. The Kier molecular flexibility index (Phi) is 5.75. The molecule has 4 rings (SSSR count). The Labute approximate surface area is 189 Å². The van der Waals surface area contributed by atoms with E-state index >= 15 is 0 Å². The minimum atomic E-state index is -4.52. The molecule has 0 radical (unpaired) electrons. The van der Waals surface area contributed by atoms with Gasteiger partial charge in [0.2, 0.25) is 0 Å². The van der Waals surface area contributed by atoms with Crippen molar-refractivity contribution in [2.75, 3.05) is 11.5 Å². The SMILES string of the molecule is Cc1cc(-c2cncc(OCC(F)F)c2)nc2c1C(=O)N(c1cnn(CC(F)(F)F)c1)C2(C)O. The van der Waals surface area contributed by atoms with Crippen LogP contribution in [-0.2, 0) is 12.3 Å². The van der Waals surface area contributed by atoms with Crippen molar-refractivity contribution in [1.82, 2.24) is 19.7 Å². The summed E-state index contributed by atoms with van der Waals surface area (Å²) in [5, 5.41) is 14.9. The molecule has 0 bridgehead atoms. The lowest BCUT2D eigenvalue weighted by molar-refractivity contribution is -0.142. The maximum absolute atomic E-state index is 13.1. The third kappa shape index (κ3) is 4.42. The number of rotatable bonds is 6. The van der Waals surface area contributed by atoms with E-state index in [1.165, 1.54) is 25.4 Å². The molecule has 1 unspecified atom stereocenters. The summed E-state index contributed by atoms with van der Waals surface area (Å²) in [6.45, 7) is 0.720. The largest absolute Gasteiger partial charge is 0.486 e. The van der Waals surface area contributed by atoms with Crippen LogP contribution in [0.25, 0.3) is 11.3 Å². The zero-order valence-electron chi connectivity index (χ0n) is 17.8. The van der Waals surface area contributed by atoms with E-state index in [0.717, 1.165) is 17.3 Å². The molecule has 1 atom stereocenters. The Hall–Kier alpha value is -3.61. The molecule has 1 N–H and O–H groups in total. The first-order valence-corrected chi connectivity index (χ1v) is 9.91. The lowest BCUT2D eigenvalue weighted by Gasteiger charge is -2.28. The van der Waals surface area contributed by atoms with Gasteiger partial charge >= 0.3 is 6.18 Å². The lowest BCUT2D eigenvalue weighted by Crippen LogP contribution is -2.41. The molecule has 0 spiro atoms. The molecule has 3 aromatic rings. The molecule has 3 aromatic heterocycles. The molecule has 4 heterocycles. The number of nitrogens with zero attached hydrogens (tertiary/aromatic N) is 5. The number of aryl methyl sites for hydroxylation is 1. The predicted octanol–water partition coefficient (Wildman–Crippen LogP) is 3.68. The van der Waals surface area contributed by atoms with Gasteiger partial charge in [0, 0.05) is 18.0 Å². The van der Waals surface area contributed by atoms with E-state index in [1.807, 2.05) is 0 Å². The zero-order valence-corrected chi connectivity index (χ0v) is 17.8. The molecule has 0 aliphatic carbocycles. The minimum Gasteiger partial charge on any atom is -0.486 e. The first-order valence-electron chi connectivity index (χ1n) is 9.91. The molecular formula is C21H18F5N5O3. The van der Waals surface area contributed by atoms with Crippen LogP contribution < -0.4 is 9.64 Å². The number of hydrogen-bond donors (Lipinski definition) is 1. The number of aromatic nitrogens is 4. The number of hydrogen-bond acceptors (Lipinski definition) is 6. The zero-order chi connectivity index (χ0) is 24.8. The van der Waals surface area contributed by atoms with Crippen LogP contribution in [0.5, 0.6) is 5.75 Å². The van der Waals surface area contributed by atoms with Gasteiger partial charge in [-0.25, -0.2) is 13.8 Å². The summed E-state index contributed by atoms with van der Waals surface area (Å²) in [4.78, 5) is 22.4. The number of amides is 1. The summed E-state index contributed by atoms with van der Waals surface area (Å²) in [5.41, 5.74) is -0.857. The second-order valence-corrected chi connectivity index (χ2v) is 7.83. The average Bonchev–Trinajstić information content (AvgIpc) is 3.24. The number of carbonyl (C=O) groups excluding carboxylic acids is 1. The summed E-state index contributed by atoms with van der Waals surface area (Å²) >= 11 is 0. The van der Waals surface area contributed by atoms with Crippen molar-refractivity contribution in [3.8, 4) is 17.0 Å². The second-order valence-electron chi connectivity index (χ2n) is 7.83. The maximum atomic E-state index is 13.1. The predicted molar refractivity (Wildman–Crippen MR) is 108 cm³/mol. The molecule has 0 fully saturated rings. The van der Waals surface area contributed by atoms with Gasteiger partial charge in [0.05, 0.1) is 29.3 Å². The molecule has 13 heteroatoms. The standard InChI is InChI=1S/C21H18F5N5O3/c1-11-3-15(12-4-14(7-27-5-12)34-9-16(22)23)29-18-17(11)19(32)31(20(18,2)33)13-6-28-30(8-13)10-21(24,25)26/h3-8,16,33H,9-10H2,1-2H3. The van der Waals surface area contributed by atoms with Gasteiger partial charge in [-0.15, -0.1) is 0 Å². The van der Waals surface area contributed by atoms with E-state index in [-0.39, 0.29) is 28.4 Å². The van der Waals surface area contributed by atoms with Crippen molar-refractivity contribution in [1.29, 1.82) is 0 Å². The van der Waals surface area contributed by atoms with Crippen molar-refractivity contribution in [2.24, 2.45) is 0 Å². The minimum absolute atomic E-state index is 0.0185. The third-order valence-corrected chi connectivity index (χ3v) is 5.12. The van der Waals surface area contributed by atoms with Crippen LogP contribution in [0.1, 0.15) is 28.5 Å². The Balaban J connectivity index is 1.71. The number of alkyl halides is 5. The molecule has 0 saturated carbocycles. The van der Waals surface area contributed by atoms with E-state index in [9.17, 15) is 31.9 Å². The number of anilines is 1. The van der Waals surface area contributed by atoms with Crippen molar-refractivity contribution in [3.63, 3.8) is 0 Å². The third-order valence-electron chi connectivity index (χ3n) is 5.12. The van der Waals surface area contributed by atoms with E-state index < -0.39 is 37.4 Å². The molecular weight excluding hydrogens is 465 g/mol. The lowest BCUT2D eigenvalue weighted by atomic mass is 10.0. The van der Waals surface area contributed by atoms with Gasteiger partial charge < -0.3 is 9.84 Å². The molecule has 180 valence electrons. The van der Waals surface area contributed by atoms with E-state index in [2.05, 4.69) is 15.1 Å². The molecule has 34 heavy (non-hydrogen) atoms. The number of fused-ring (bicyclic) bond motifs is 1. The van der Waals surface area contributed by atoms with Crippen LogP contribution in [0, 0.1) is 6.92 Å². The van der Waals surface area contributed by atoms with Crippen molar-refractivity contribution in [2.45, 2.75) is 38.7 Å². The van der Waals surface area contributed by atoms with E-state index in [1.54, 1.807) is 13.0 Å². The van der Waals surface area contributed by atoms with Crippen LogP contribution in [0.2, 0.25) is 0 Å². The Morgan fingerprint density at radius 1 is 1.21 bits per heavy atom. The van der Waals surface area contributed by atoms with Gasteiger partial charge in [0.15, 0.2) is 5.72 Å². The quantitative estimate of drug-likeness (QED) is 0.538. The highest BCUT2D eigenvalue weighted by molar-refractivity contribution is 6.12. The van der Waals surface area contributed by atoms with Crippen molar-refractivity contribution >= 4 is 11.6 Å². The highest BCUT2D eigenvalue weighted by Gasteiger charge is 2.49. The summed E-state index contributed by atoms with van der Waals surface area (Å²) < 4.78 is 68.6.